The van der Waals surface area contributed by atoms with E-state index in [2.05, 4.69) is 10.6 Å². The highest BCUT2D eigenvalue weighted by Gasteiger charge is 2.49. The zero-order valence-electron chi connectivity index (χ0n) is 20.9. The van der Waals surface area contributed by atoms with Gasteiger partial charge in [0.1, 0.15) is 17.7 Å². The monoisotopic (exact) mass is 535 g/mol. The number of alkyl carbamates (subject to hydrolysis) is 1. The highest BCUT2D eigenvalue weighted by atomic mass is 32.2. The lowest BCUT2D eigenvalue weighted by Crippen LogP contribution is -2.58. The van der Waals surface area contributed by atoms with Crippen molar-refractivity contribution in [1.82, 2.24) is 15.5 Å². The van der Waals surface area contributed by atoms with Crippen LogP contribution < -0.4 is 10.6 Å². The van der Waals surface area contributed by atoms with E-state index in [9.17, 15) is 28.3 Å². The molecular formula is C26H31F2N3O5S. The first-order valence-corrected chi connectivity index (χ1v) is 12.8. The molecule has 1 aliphatic heterocycles. The van der Waals surface area contributed by atoms with E-state index in [1.54, 1.807) is 45.0 Å². The van der Waals surface area contributed by atoms with Gasteiger partial charge in [-0.2, -0.15) is 0 Å². The van der Waals surface area contributed by atoms with Crippen LogP contribution in [0, 0.1) is 11.6 Å². The van der Waals surface area contributed by atoms with Crippen molar-refractivity contribution in [3.8, 4) is 0 Å². The molecule has 2 aromatic rings. The Morgan fingerprint density at radius 1 is 1.14 bits per heavy atom. The van der Waals surface area contributed by atoms with Gasteiger partial charge < -0.3 is 25.4 Å². The van der Waals surface area contributed by atoms with Gasteiger partial charge in [-0.3, -0.25) is 9.59 Å². The van der Waals surface area contributed by atoms with E-state index < -0.39 is 59.0 Å². The van der Waals surface area contributed by atoms with Crippen molar-refractivity contribution in [1.29, 1.82) is 0 Å². The number of carbonyl (C=O) groups is 3. The lowest BCUT2D eigenvalue weighted by Gasteiger charge is -2.33. The molecule has 3 N–H and O–H groups in total. The number of aliphatic hydroxyl groups excluding tert-OH is 1. The minimum atomic E-state index is -1.68. The third kappa shape index (κ3) is 6.98. The maximum Gasteiger partial charge on any atom is 0.407 e. The number of nitrogens with one attached hydrogen (secondary N) is 2. The molecule has 1 saturated heterocycles. The van der Waals surface area contributed by atoms with Crippen molar-refractivity contribution in [2.24, 2.45) is 0 Å². The molecule has 1 heterocycles. The number of thioether (sulfide) groups is 1. The average Bonchev–Trinajstić information content (AvgIpc) is 3.18. The maximum absolute atomic E-state index is 14.0. The van der Waals surface area contributed by atoms with E-state index in [1.165, 1.54) is 22.7 Å². The van der Waals surface area contributed by atoms with Gasteiger partial charge in [0.05, 0.1) is 18.5 Å². The van der Waals surface area contributed by atoms with Crippen molar-refractivity contribution in [3.05, 3.63) is 71.3 Å². The standard InChI is InChI=1S/C26H31F2N3O5S/c1-4-36-25(35)30-20(13-16-9-6-5-7-10-16)21(32)24(34)31-15-37-26(2,3)22(31)23(33)29-14-17-18(27)11-8-12-19(17)28/h5-12,20-22,32H,4,13-15H2,1-3H3,(H,29,33)(H,30,35)/t20-,21-,22+/m0/s1. The molecule has 0 aromatic heterocycles. The van der Waals surface area contributed by atoms with Crippen molar-refractivity contribution < 1.29 is 33.0 Å². The van der Waals surface area contributed by atoms with Gasteiger partial charge in [-0.05, 0) is 44.9 Å². The molecule has 1 aliphatic rings. The Morgan fingerprint density at radius 2 is 1.78 bits per heavy atom. The Balaban J connectivity index is 1.79. The summed E-state index contributed by atoms with van der Waals surface area (Å²) in [6.07, 6.45) is -2.33. The molecule has 11 heteroatoms. The van der Waals surface area contributed by atoms with E-state index >= 15 is 0 Å². The molecular weight excluding hydrogens is 504 g/mol. The molecule has 0 bridgehead atoms. The van der Waals surface area contributed by atoms with Crippen molar-refractivity contribution >= 4 is 29.7 Å². The molecule has 0 aliphatic carbocycles. The summed E-state index contributed by atoms with van der Waals surface area (Å²) in [5.41, 5.74) is 0.479. The normalized spacial score (nSPS) is 18.1. The SMILES string of the molecule is CCOC(=O)N[C@@H](Cc1ccccc1)[C@H](O)C(=O)N1CSC(C)(C)[C@H]1C(=O)NCc1c(F)cccc1F. The highest BCUT2D eigenvalue weighted by Crippen LogP contribution is 2.40. The summed E-state index contributed by atoms with van der Waals surface area (Å²) in [4.78, 5) is 40.0. The largest absolute Gasteiger partial charge is 0.450 e. The Morgan fingerprint density at radius 3 is 2.41 bits per heavy atom. The van der Waals surface area contributed by atoms with Crippen LogP contribution in [0.15, 0.2) is 48.5 Å². The van der Waals surface area contributed by atoms with Crippen LogP contribution in [0.5, 0.6) is 0 Å². The summed E-state index contributed by atoms with van der Waals surface area (Å²) in [6.45, 7) is 4.87. The van der Waals surface area contributed by atoms with E-state index in [4.69, 9.17) is 4.74 Å². The summed E-state index contributed by atoms with van der Waals surface area (Å²) in [5, 5.41) is 16.1. The summed E-state index contributed by atoms with van der Waals surface area (Å²) in [6, 6.07) is 10.4. The zero-order chi connectivity index (χ0) is 27.2. The molecule has 0 radical (unpaired) electrons. The fourth-order valence-corrected chi connectivity index (χ4v) is 5.30. The van der Waals surface area contributed by atoms with E-state index in [1.807, 2.05) is 6.07 Å². The molecule has 200 valence electrons. The molecule has 1 fully saturated rings. The second-order valence-corrected chi connectivity index (χ2v) is 10.7. The Hall–Kier alpha value is -3.18. The fraction of sp³-hybridized carbons (Fsp3) is 0.423. The number of amides is 3. The molecule has 3 atom stereocenters. The van der Waals surface area contributed by atoms with Crippen LogP contribution in [0.2, 0.25) is 0 Å². The van der Waals surface area contributed by atoms with E-state index in [-0.39, 0.29) is 24.5 Å². The van der Waals surface area contributed by atoms with Gasteiger partial charge in [-0.15, -0.1) is 11.8 Å². The van der Waals surface area contributed by atoms with E-state index in [0.29, 0.717) is 0 Å². The molecule has 8 nitrogen and oxygen atoms in total. The van der Waals surface area contributed by atoms with Gasteiger partial charge in [-0.25, -0.2) is 13.6 Å². The molecule has 0 unspecified atom stereocenters. The van der Waals surface area contributed by atoms with Crippen LogP contribution in [-0.4, -0.2) is 63.3 Å². The first-order chi connectivity index (χ1) is 17.5. The van der Waals surface area contributed by atoms with Crippen LogP contribution in [-0.2, 0) is 27.3 Å². The van der Waals surface area contributed by atoms with Crippen molar-refractivity contribution in [3.63, 3.8) is 0 Å². The van der Waals surface area contributed by atoms with Gasteiger partial charge in [0.25, 0.3) is 5.91 Å². The predicted octanol–water partition coefficient (Wildman–Crippen LogP) is 2.98. The first-order valence-electron chi connectivity index (χ1n) is 11.9. The summed E-state index contributed by atoms with van der Waals surface area (Å²) >= 11 is 1.33. The van der Waals surface area contributed by atoms with Crippen LogP contribution in [0.1, 0.15) is 31.9 Å². The average molecular weight is 536 g/mol. The quantitative estimate of drug-likeness (QED) is 0.456. The second-order valence-electron chi connectivity index (χ2n) is 9.11. The number of halogens is 2. The van der Waals surface area contributed by atoms with Gasteiger partial charge >= 0.3 is 6.09 Å². The van der Waals surface area contributed by atoms with E-state index in [0.717, 1.165) is 17.7 Å². The maximum atomic E-state index is 14.0. The first kappa shape index (κ1) is 28.4. The zero-order valence-corrected chi connectivity index (χ0v) is 21.7. The molecule has 2 aromatic carbocycles. The Kier molecular flexibility index (Phi) is 9.50. The third-order valence-corrected chi connectivity index (χ3v) is 7.46. The van der Waals surface area contributed by atoms with Crippen molar-refractivity contribution in [2.45, 2.75) is 56.7 Å². The summed E-state index contributed by atoms with van der Waals surface area (Å²) < 4.78 is 32.2. The summed E-state index contributed by atoms with van der Waals surface area (Å²) in [5.74, 6) is -2.86. The van der Waals surface area contributed by atoms with Gasteiger partial charge in [-0.1, -0.05) is 36.4 Å². The topological polar surface area (TPSA) is 108 Å². The number of hydrogen-bond acceptors (Lipinski definition) is 6. The van der Waals surface area contributed by atoms with Crippen LogP contribution in [0.4, 0.5) is 13.6 Å². The molecule has 3 rings (SSSR count). The molecule has 0 spiro atoms. The van der Waals surface area contributed by atoms with Crippen LogP contribution in [0.25, 0.3) is 0 Å². The van der Waals surface area contributed by atoms with Crippen molar-refractivity contribution in [2.75, 3.05) is 12.5 Å². The minimum absolute atomic E-state index is 0.104. The number of carbonyl (C=O) groups excluding carboxylic acids is 3. The number of hydrogen-bond donors (Lipinski definition) is 3. The predicted molar refractivity (Wildman–Crippen MR) is 135 cm³/mol. The van der Waals surface area contributed by atoms with Crippen LogP contribution in [0.3, 0.4) is 0 Å². The number of aliphatic hydroxyl groups is 1. The minimum Gasteiger partial charge on any atom is -0.450 e. The Labute approximate surface area is 218 Å². The second kappa shape index (κ2) is 12.4. The number of ether oxygens (including phenoxy) is 1. The van der Waals surface area contributed by atoms with Crippen LogP contribution >= 0.6 is 11.8 Å². The number of benzene rings is 2. The third-order valence-electron chi connectivity index (χ3n) is 6.09. The van der Waals surface area contributed by atoms with Gasteiger partial charge in [0.15, 0.2) is 6.10 Å². The van der Waals surface area contributed by atoms with Gasteiger partial charge in [0.2, 0.25) is 5.91 Å². The lowest BCUT2D eigenvalue weighted by molar-refractivity contribution is -0.147. The number of nitrogens with zero attached hydrogens (tertiary/aromatic N) is 1. The highest BCUT2D eigenvalue weighted by molar-refractivity contribution is 8.00. The molecule has 3 amide bonds. The Bertz CT molecular complexity index is 1100. The smallest absolute Gasteiger partial charge is 0.407 e. The fourth-order valence-electron chi connectivity index (χ4n) is 4.16. The lowest BCUT2D eigenvalue weighted by atomic mass is 9.97. The molecule has 0 saturated carbocycles. The van der Waals surface area contributed by atoms with Gasteiger partial charge in [0, 0.05) is 16.9 Å². The summed E-state index contributed by atoms with van der Waals surface area (Å²) in [7, 11) is 0. The molecule has 37 heavy (non-hydrogen) atoms. The number of rotatable bonds is 9.